The van der Waals surface area contributed by atoms with E-state index in [1.165, 1.54) is 0 Å². The van der Waals surface area contributed by atoms with Gasteiger partial charge in [-0.25, -0.2) is 4.98 Å². The second kappa shape index (κ2) is 6.96. The number of hydrogen-bond donors (Lipinski definition) is 0. The van der Waals surface area contributed by atoms with Crippen LogP contribution in [0, 0.1) is 6.92 Å². The summed E-state index contributed by atoms with van der Waals surface area (Å²) in [7, 11) is 0. The van der Waals surface area contributed by atoms with Gasteiger partial charge in [0.05, 0.1) is 23.0 Å². The van der Waals surface area contributed by atoms with E-state index in [2.05, 4.69) is 6.92 Å². The Hall–Kier alpha value is -2.14. The number of carbonyl (C=O) groups excluding carboxylic acids is 1. The van der Waals surface area contributed by atoms with Crippen molar-refractivity contribution in [3.05, 3.63) is 47.9 Å². The Balaban J connectivity index is 1.94. The van der Waals surface area contributed by atoms with Gasteiger partial charge in [-0.3, -0.25) is 9.69 Å². The zero-order valence-electron chi connectivity index (χ0n) is 13.4. The highest BCUT2D eigenvalue weighted by Gasteiger charge is 2.21. The van der Waals surface area contributed by atoms with Crippen molar-refractivity contribution in [1.29, 1.82) is 0 Å². The second-order valence-electron chi connectivity index (χ2n) is 5.58. The smallest absolute Gasteiger partial charge is 0.229 e. The molecule has 4 nitrogen and oxygen atoms in total. The van der Waals surface area contributed by atoms with Crippen LogP contribution < -0.4 is 4.90 Å². The lowest BCUT2D eigenvalue weighted by Crippen LogP contribution is -2.29. The van der Waals surface area contributed by atoms with Gasteiger partial charge < -0.3 is 4.42 Å². The zero-order valence-corrected chi connectivity index (χ0v) is 14.2. The van der Waals surface area contributed by atoms with Crippen LogP contribution in [-0.2, 0) is 11.3 Å². The quantitative estimate of drug-likeness (QED) is 0.645. The number of benzene rings is 1. The lowest BCUT2D eigenvalue weighted by Gasteiger charge is -2.18. The summed E-state index contributed by atoms with van der Waals surface area (Å²) in [4.78, 5) is 19.1. The Morgan fingerprint density at radius 1 is 1.30 bits per heavy atom. The molecule has 0 saturated carbocycles. The standard InChI is InChI=1S/C18H20N2O2S/c1-3-4-10-16(21)20(12-14-8-6-11-22-14)18-19-17-13(2)7-5-9-15(17)23-18/h5-9,11H,3-4,10,12H2,1-2H3. The maximum absolute atomic E-state index is 12.6. The normalized spacial score (nSPS) is 11.0. The molecule has 3 rings (SSSR count). The number of nitrogens with zero attached hydrogens (tertiary/aromatic N) is 2. The van der Waals surface area contributed by atoms with Gasteiger partial charge >= 0.3 is 0 Å². The lowest BCUT2D eigenvalue weighted by atomic mass is 10.2. The van der Waals surface area contributed by atoms with Gasteiger partial charge in [0.25, 0.3) is 0 Å². The monoisotopic (exact) mass is 328 g/mol. The SMILES string of the molecule is CCCCC(=O)N(Cc1ccco1)c1nc2c(C)cccc2s1. The molecule has 0 aliphatic heterocycles. The molecular formula is C18H20N2O2S. The molecule has 1 amide bonds. The summed E-state index contributed by atoms with van der Waals surface area (Å²) in [6, 6.07) is 9.84. The predicted molar refractivity (Wildman–Crippen MR) is 93.8 cm³/mol. The maximum Gasteiger partial charge on any atom is 0.229 e. The lowest BCUT2D eigenvalue weighted by molar-refractivity contribution is -0.118. The molecule has 2 aromatic heterocycles. The van der Waals surface area contributed by atoms with Crippen LogP contribution in [0.15, 0.2) is 41.0 Å². The number of rotatable bonds is 6. The van der Waals surface area contributed by atoms with Crippen LogP contribution in [0.25, 0.3) is 10.2 Å². The summed E-state index contributed by atoms with van der Waals surface area (Å²) in [5.74, 6) is 0.866. The van der Waals surface area contributed by atoms with Crippen LogP contribution in [0.2, 0.25) is 0 Å². The minimum atomic E-state index is 0.0972. The number of hydrogen-bond acceptors (Lipinski definition) is 4. The van der Waals surface area contributed by atoms with Gasteiger partial charge in [-0.05, 0) is 37.1 Å². The van der Waals surface area contributed by atoms with Crippen LogP contribution >= 0.6 is 11.3 Å². The average Bonchev–Trinajstić information content (AvgIpc) is 3.20. The molecule has 0 N–H and O–H groups in total. The summed E-state index contributed by atoms with van der Waals surface area (Å²) in [5.41, 5.74) is 2.10. The van der Waals surface area contributed by atoms with E-state index in [-0.39, 0.29) is 5.91 Å². The van der Waals surface area contributed by atoms with E-state index in [4.69, 9.17) is 9.40 Å². The second-order valence-corrected chi connectivity index (χ2v) is 6.59. The molecule has 0 unspecified atom stereocenters. The number of aryl methyl sites for hydroxylation is 1. The predicted octanol–water partition coefficient (Wildman–Crippen LogP) is 4.92. The minimum Gasteiger partial charge on any atom is -0.467 e. The molecule has 0 fully saturated rings. The van der Waals surface area contributed by atoms with E-state index in [9.17, 15) is 4.79 Å². The molecule has 23 heavy (non-hydrogen) atoms. The summed E-state index contributed by atoms with van der Waals surface area (Å²) < 4.78 is 6.53. The van der Waals surface area contributed by atoms with Crippen LogP contribution in [0.5, 0.6) is 0 Å². The van der Waals surface area contributed by atoms with Gasteiger partial charge in [0.2, 0.25) is 5.91 Å². The Morgan fingerprint density at radius 2 is 2.17 bits per heavy atom. The third-order valence-electron chi connectivity index (χ3n) is 3.78. The number of carbonyl (C=O) groups is 1. The molecule has 120 valence electrons. The molecular weight excluding hydrogens is 308 g/mol. The van der Waals surface area contributed by atoms with Crippen molar-refractivity contribution in [2.45, 2.75) is 39.7 Å². The molecule has 0 aliphatic carbocycles. The van der Waals surface area contributed by atoms with Gasteiger partial charge in [0.1, 0.15) is 5.76 Å². The van der Waals surface area contributed by atoms with Crippen molar-refractivity contribution in [2.75, 3.05) is 4.90 Å². The van der Waals surface area contributed by atoms with Gasteiger partial charge in [0, 0.05) is 6.42 Å². The zero-order chi connectivity index (χ0) is 16.2. The van der Waals surface area contributed by atoms with Crippen molar-refractivity contribution < 1.29 is 9.21 Å². The van der Waals surface area contributed by atoms with Crippen molar-refractivity contribution >= 4 is 32.6 Å². The first-order valence-corrected chi connectivity index (χ1v) is 8.69. The Bertz CT molecular complexity index is 793. The number of unbranched alkanes of at least 4 members (excludes halogenated alkanes) is 1. The highest BCUT2D eigenvalue weighted by Crippen LogP contribution is 2.32. The van der Waals surface area contributed by atoms with Crippen molar-refractivity contribution in [3.8, 4) is 0 Å². The van der Waals surface area contributed by atoms with Crippen molar-refractivity contribution in [2.24, 2.45) is 0 Å². The first-order chi connectivity index (χ1) is 11.2. The van der Waals surface area contributed by atoms with E-state index in [1.54, 1.807) is 22.5 Å². The van der Waals surface area contributed by atoms with E-state index < -0.39 is 0 Å². The number of para-hydroxylation sites is 1. The van der Waals surface area contributed by atoms with Crippen molar-refractivity contribution in [3.63, 3.8) is 0 Å². The van der Waals surface area contributed by atoms with Crippen LogP contribution in [-0.4, -0.2) is 10.9 Å². The molecule has 0 bridgehead atoms. The van der Waals surface area contributed by atoms with Gasteiger partial charge in [-0.2, -0.15) is 0 Å². The largest absolute Gasteiger partial charge is 0.467 e. The number of furan rings is 1. The van der Waals surface area contributed by atoms with E-state index in [0.29, 0.717) is 13.0 Å². The van der Waals surface area contributed by atoms with Crippen LogP contribution in [0.3, 0.4) is 0 Å². The van der Waals surface area contributed by atoms with Crippen LogP contribution in [0.4, 0.5) is 5.13 Å². The number of aromatic nitrogens is 1. The fourth-order valence-electron chi connectivity index (χ4n) is 2.47. The highest BCUT2D eigenvalue weighted by atomic mass is 32.1. The van der Waals surface area contributed by atoms with Gasteiger partial charge in [-0.1, -0.05) is 36.8 Å². The average molecular weight is 328 g/mol. The van der Waals surface area contributed by atoms with Gasteiger partial charge in [0.15, 0.2) is 5.13 Å². The molecule has 2 heterocycles. The molecule has 0 saturated heterocycles. The number of anilines is 1. The summed E-state index contributed by atoms with van der Waals surface area (Å²) in [5, 5.41) is 0.742. The van der Waals surface area contributed by atoms with Crippen LogP contribution in [0.1, 0.15) is 37.5 Å². The first-order valence-electron chi connectivity index (χ1n) is 7.88. The van der Waals surface area contributed by atoms with E-state index in [1.807, 2.05) is 37.3 Å². The summed E-state index contributed by atoms with van der Waals surface area (Å²) in [6.45, 7) is 4.56. The Kier molecular flexibility index (Phi) is 4.76. The molecule has 0 atom stereocenters. The topological polar surface area (TPSA) is 46.3 Å². The fourth-order valence-corrected chi connectivity index (χ4v) is 3.53. The minimum absolute atomic E-state index is 0.0972. The molecule has 0 spiro atoms. The summed E-state index contributed by atoms with van der Waals surface area (Å²) >= 11 is 1.56. The third kappa shape index (κ3) is 3.45. The van der Waals surface area contributed by atoms with Gasteiger partial charge in [-0.15, -0.1) is 0 Å². The fraction of sp³-hybridized carbons (Fsp3) is 0.333. The maximum atomic E-state index is 12.6. The van der Waals surface area contributed by atoms with E-state index in [0.717, 1.165) is 39.5 Å². The molecule has 1 aromatic carbocycles. The van der Waals surface area contributed by atoms with Crippen molar-refractivity contribution in [1.82, 2.24) is 4.98 Å². The summed E-state index contributed by atoms with van der Waals surface area (Å²) in [6.07, 6.45) is 4.05. The molecule has 0 aliphatic rings. The number of thiazole rings is 1. The Labute approximate surface area is 139 Å². The number of amides is 1. The molecule has 0 radical (unpaired) electrons. The number of fused-ring (bicyclic) bond motifs is 1. The van der Waals surface area contributed by atoms with E-state index >= 15 is 0 Å². The third-order valence-corrected chi connectivity index (χ3v) is 4.82. The molecule has 3 aromatic rings. The Morgan fingerprint density at radius 3 is 2.87 bits per heavy atom. The first kappa shape index (κ1) is 15.7. The molecule has 5 heteroatoms. The highest BCUT2D eigenvalue weighted by molar-refractivity contribution is 7.22.